The molecule has 0 atom stereocenters. The van der Waals surface area contributed by atoms with Crippen molar-refractivity contribution in [2.75, 3.05) is 19.6 Å². The molecule has 9 aromatic carbocycles. The van der Waals surface area contributed by atoms with Crippen molar-refractivity contribution in [3.05, 3.63) is 254 Å². The molecular weight excluding hydrogens is 743 g/mol. The van der Waals surface area contributed by atoms with E-state index in [0.29, 0.717) is 22.7 Å². The number of halogens is 2. The van der Waals surface area contributed by atoms with Crippen LogP contribution in [0.4, 0.5) is 77.0 Å². The molecule has 0 aliphatic rings. The van der Waals surface area contributed by atoms with Crippen molar-refractivity contribution in [1.29, 1.82) is 0 Å². The highest BCUT2D eigenvalue weighted by Gasteiger charge is 2.22. The molecule has 0 spiro atoms. The SMILES string of the molecule is Fc1cc(N(c2ccccc2)c2ccccc2)cc(N(c2ccccc2)c2cccc(N(c3ccccc3)c3cc(F)cc(N(c4ccccc4)c4ccccc4)c3)c2)c1. The van der Waals surface area contributed by atoms with E-state index in [-0.39, 0.29) is 11.6 Å². The maximum Gasteiger partial charge on any atom is 0.127 e. The molecule has 4 nitrogen and oxygen atoms in total. The number of anilines is 12. The Balaban J connectivity index is 1.19. The minimum Gasteiger partial charge on any atom is -0.310 e. The van der Waals surface area contributed by atoms with E-state index in [1.807, 2.05) is 212 Å². The van der Waals surface area contributed by atoms with Crippen LogP contribution in [-0.2, 0) is 0 Å². The Morgan fingerprint density at radius 2 is 0.367 bits per heavy atom. The second-order valence-corrected chi connectivity index (χ2v) is 14.2. The first-order valence-electron chi connectivity index (χ1n) is 19.8. The van der Waals surface area contributed by atoms with E-state index < -0.39 is 0 Å². The van der Waals surface area contributed by atoms with Crippen molar-refractivity contribution in [2.45, 2.75) is 0 Å². The first kappa shape index (κ1) is 37.6. The Morgan fingerprint density at radius 3 is 0.600 bits per heavy atom. The fourth-order valence-corrected chi connectivity index (χ4v) is 7.66. The van der Waals surface area contributed by atoms with E-state index in [9.17, 15) is 0 Å². The first-order chi connectivity index (χ1) is 29.6. The van der Waals surface area contributed by atoms with Crippen LogP contribution in [0, 0.1) is 11.6 Å². The zero-order valence-corrected chi connectivity index (χ0v) is 32.6. The van der Waals surface area contributed by atoms with Crippen molar-refractivity contribution >= 4 is 68.2 Å². The van der Waals surface area contributed by atoms with E-state index >= 15 is 8.78 Å². The van der Waals surface area contributed by atoms with Crippen LogP contribution >= 0.6 is 0 Å². The van der Waals surface area contributed by atoms with E-state index in [1.54, 1.807) is 24.3 Å². The molecule has 0 N–H and O–H groups in total. The van der Waals surface area contributed by atoms with Crippen LogP contribution in [0.5, 0.6) is 0 Å². The zero-order valence-electron chi connectivity index (χ0n) is 32.6. The Hall–Kier alpha value is -7.96. The Bertz CT molecular complexity index is 2520. The summed E-state index contributed by atoms with van der Waals surface area (Å²) in [6.07, 6.45) is 0. The lowest BCUT2D eigenvalue weighted by Crippen LogP contribution is -2.15. The monoisotopic (exact) mass is 782 g/mol. The van der Waals surface area contributed by atoms with Crippen molar-refractivity contribution in [1.82, 2.24) is 0 Å². The van der Waals surface area contributed by atoms with Crippen LogP contribution in [0.25, 0.3) is 0 Å². The van der Waals surface area contributed by atoms with Crippen molar-refractivity contribution in [3.8, 4) is 0 Å². The summed E-state index contributed by atoms with van der Waals surface area (Å²) in [6.45, 7) is 0. The van der Waals surface area contributed by atoms with Crippen LogP contribution in [0.2, 0.25) is 0 Å². The van der Waals surface area contributed by atoms with Crippen molar-refractivity contribution < 1.29 is 8.78 Å². The number of rotatable bonds is 12. The van der Waals surface area contributed by atoms with Crippen LogP contribution in [0.1, 0.15) is 0 Å². The summed E-state index contributed by atoms with van der Waals surface area (Å²) < 4.78 is 32.3. The minimum atomic E-state index is -0.379. The molecule has 0 radical (unpaired) electrons. The highest BCUT2D eigenvalue weighted by Crippen LogP contribution is 2.45. The lowest BCUT2D eigenvalue weighted by molar-refractivity contribution is 0.628. The minimum absolute atomic E-state index is 0.379. The number of hydrogen-bond acceptors (Lipinski definition) is 4. The summed E-state index contributed by atoms with van der Waals surface area (Å²) in [7, 11) is 0. The lowest BCUT2D eigenvalue weighted by atomic mass is 10.1. The molecule has 6 heteroatoms. The third kappa shape index (κ3) is 8.08. The van der Waals surface area contributed by atoms with Crippen LogP contribution in [0.3, 0.4) is 0 Å². The van der Waals surface area contributed by atoms with Gasteiger partial charge in [0.2, 0.25) is 0 Å². The van der Waals surface area contributed by atoms with Crippen molar-refractivity contribution in [3.63, 3.8) is 0 Å². The Labute approximate surface area is 349 Å². The highest BCUT2D eigenvalue weighted by atomic mass is 19.1. The molecule has 0 amide bonds. The highest BCUT2D eigenvalue weighted by molar-refractivity contribution is 5.87. The van der Waals surface area contributed by atoms with Gasteiger partial charge >= 0.3 is 0 Å². The Kier molecular flexibility index (Phi) is 10.8. The predicted molar refractivity (Wildman–Crippen MR) is 245 cm³/mol. The first-order valence-corrected chi connectivity index (χ1v) is 19.8. The number of benzene rings is 9. The van der Waals surface area contributed by atoms with Gasteiger partial charge in [-0.05, 0) is 127 Å². The van der Waals surface area contributed by atoms with Gasteiger partial charge in [0.15, 0.2) is 0 Å². The molecule has 9 rings (SSSR count). The van der Waals surface area contributed by atoms with E-state index in [2.05, 4.69) is 25.7 Å². The van der Waals surface area contributed by atoms with Gasteiger partial charge in [0, 0.05) is 45.5 Å². The quantitative estimate of drug-likeness (QED) is 0.122. The summed E-state index contributed by atoms with van der Waals surface area (Å²) in [5, 5.41) is 0. The fourth-order valence-electron chi connectivity index (χ4n) is 7.66. The van der Waals surface area contributed by atoms with Crippen LogP contribution < -0.4 is 19.6 Å². The van der Waals surface area contributed by atoms with Crippen LogP contribution in [0.15, 0.2) is 243 Å². The largest absolute Gasteiger partial charge is 0.310 e. The maximum absolute atomic E-state index is 16.1. The van der Waals surface area contributed by atoms with Gasteiger partial charge < -0.3 is 19.6 Å². The molecule has 0 aliphatic heterocycles. The molecule has 0 saturated carbocycles. The Morgan fingerprint density at radius 1 is 0.183 bits per heavy atom. The summed E-state index contributed by atoms with van der Waals surface area (Å²) >= 11 is 0. The van der Waals surface area contributed by atoms with Gasteiger partial charge in [0.1, 0.15) is 11.6 Å². The normalized spacial score (nSPS) is 10.8. The van der Waals surface area contributed by atoms with Crippen LogP contribution in [-0.4, -0.2) is 0 Å². The maximum atomic E-state index is 16.1. The summed E-state index contributed by atoms with van der Waals surface area (Å²) in [4.78, 5) is 8.21. The fraction of sp³-hybridized carbons (Fsp3) is 0. The molecule has 0 aliphatic carbocycles. The smallest absolute Gasteiger partial charge is 0.127 e. The van der Waals surface area contributed by atoms with Gasteiger partial charge in [-0.15, -0.1) is 0 Å². The van der Waals surface area contributed by atoms with Gasteiger partial charge in [-0.3, -0.25) is 0 Å². The molecule has 9 aromatic rings. The molecule has 0 unspecified atom stereocenters. The number of nitrogens with zero attached hydrogens (tertiary/aromatic N) is 4. The van der Waals surface area contributed by atoms with Gasteiger partial charge in [-0.2, -0.15) is 0 Å². The topological polar surface area (TPSA) is 13.0 Å². The van der Waals surface area contributed by atoms with E-state index in [4.69, 9.17) is 0 Å². The third-order valence-electron chi connectivity index (χ3n) is 10.2. The molecule has 60 heavy (non-hydrogen) atoms. The van der Waals surface area contributed by atoms with Gasteiger partial charge in [-0.25, -0.2) is 8.78 Å². The van der Waals surface area contributed by atoms with E-state index in [0.717, 1.165) is 45.5 Å². The summed E-state index contributed by atoms with van der Waals surface area (Å²) in [5.41, 5.74) is 9.46. The molecule has 0 fully saturated rings. The molecular formula is C54H40F2N4. The second kappa shape index (κ2) is 17.3. The molecule has 0 bridgehead atoms. The van der Waals surface area contributed by atoms with E-state index in [1.165, 1.54) is 0 Å². The average molecular weight is 783 g/mol. The van der Waals surface area contributed by atoms with Gasteiger partial charge in [0.25, 0.3) is 0 Å². The zero-order chi connectivity index (χ0) is 40.7. The molecule has 0 aromatic heterocycles. The summed E-state index contributed by atoms with van der Waals surface area (Å²) in [6, 6.07) is 78.1. The van der Waals surface area contributed by atoms with Crippen molar-refractivity contribution in [2.24, 2.45) is 0 Å². The van der Waals surface area contributed by atoms with Gasteiger partial charge in [-0.1, -0.05) is 115 Å². The summed E-state index contributed by atoms with van der Waals surface area (Å²) in [5.74, 6) is -0.757. The lowest BCUT2D eigenvalue weighted by Gasteiger charge is -2.31. The molecule has 0 heterocycles. The number of para-hydroxylation sites is 6. The standard InChI is InChI=1S/C54H40F2N4/c55-41-34-51(57(43-20-7-1-8-21-43)44-22-9-2-10-23-44)39-53(36-41)59(47-28-15-5-16-29-47)49-32-19-33-50(38-49)60(48-30-17-6-18-31-48)54-37-42(56)35-52(40-54)58(45-24-11-3-12-25-45)46-26-13-4-14-27-46/h1-40H. The average Bonchev–Trinajstić information content (AvgIpc) is 3.29. The second-order valence-electron chi connectivity index (χ2n) is 14.2. The molecule has 290 valence electrons. The third-order valence-corrected chi connectivity index (χ3v) is 10.2. The number of hydrogen-bond donors (Lipinski definition) is 0. The molecule has 0 saturated heterocycles. The van der Waals surface area contributed by atoms with Gasteiger partial charge in [0.05, 0.1) is 22.7 Å². The predicted octanol–water partition coefficient (Wildman–Crippen LogP) is 15.8.